The van der Waals surface area contributed by atoms with Gasteiger partial charge in [-0.05, 0) is 24.6 Å². The van der Waals surface area contributed by atoms with Crippen molar-refractivity contribution in [2.24, 2.45) is 0 Å². The standard InChI is InChI=1S/C20H24N2O4S/c1-14-8-9-18(26-2)17(12-14)22-20(23)19(15-6-4-3-5-7-15)21-16-10-11-27(24,25)13-16/h3-9,12,16,19,21H,10-11,13H2,1-2H3,(H,22,23)/p+1/t16-,19+/m0/s1. The highest BCUT2D eigenvalue weighted by Crippen LogP contribution is 2.26. The van der Waals surface area contributed by atoms with Gasteiger partial charge in [0.15, 0.2) is 15.9 Å². The lowest BCUT2D eigenvalue weighted by Crippen LogP contribution is -2.93. The molecule has 0 aromatic heterocycles. The molecule has 27 heavy (non-hydrogen) atoms. The third kappa shape index (κ3) is 4.87. The number of nitrogens with two attached hydrogens (primary N) is 1. The minimum Gasteiger partial charge on any atom is -0.495 e. The maximum absolute atomic E-state index is 13.1. The first-order chi connectivity index (χ1) is 12.9. The van der Waals surface area contributed by atoms with Crippen LogP contribution in [0.1, 0.15) is 23.6 Å². The van der Waals surface area contributed by atoms with Crippen molar-refractivity contribution < 1.29 is 23.3 Å². The summed E-state index contributed by atoms with van der Waals surface area (Å²) in [6.45, 7) is 1.94. The Morgan fingerprint density at radius 2 is 1.96 bits per heavy atom. The molecule has 6 nitrogen and oxygen atoms in total. The minimum atomic E-state index is -3.01. The number of amides is 1. The number of hydrogen-bond acceptors (Lipinski definition) is 4. The Morgan fingerprint density at radius 1 is 1.22 bits per heavy atom. The van der Waals surface area contributed by atoms with Gasteiger partial charge in [0.2, 0.25) is 0 Å². The Morgan fingerprint density at radius 3 is 2.59 bits per heavy atom. The van der Waals surface area contributed by atoms with Crippen molar-refractivity contribution >= 4 is 21.4 Å². The highest BCUT2D eigenvalue weighted by molar-refractivity contribution is 7.91. The molecule has 1 aliphatic rings. The molecule has 0 bridgehead atoms. The van der Waals surface area contributed by atoms with Crippen LogP contribution < -0.4 is 15.4 Å². The van der Waals surface area contributed by atoms with Crippen LogP contribution in [0.3, 0.4) is 0 Å². The van der Waals surface area contributed by atoms with Gasteiger partial charge in [-0.2, -0.15) is 0 Å². The molecule has 3 rings (SSSR count). The van der Waals surface area contributed by atoms with Gasteiger partial charge in [-0.1, -0.05) is 36.4 Å². The molecule has 1 heterocycles. The molecule has 0 radical (unpaired) electrons. The number of rotatable bonds is 6. The number of carbonyl (C=O) groups excluding carboxylic acids is 1. The van der Waals surface area contributed by atoms with Crippen molar-refractivity contribution in [3.05, 3.63) is 59.7 Å². The maximum Gasteiger partial charge on any atom is 0.287 e. The van der Waals surface area contributed by atoms with Gasteiger partial charge in [-0.25, -0.2) is 8.42 Å². The van der Waals surface area contributed by atoms with Crippen LogP contribution in [0.2, 0.25) is 0 Å². The van der Waals surface area contributed by atoms with Crippen molar-refractivity contribution in [2.45, 2.75) is 25.4 Å². The molecular formula is C20H25N2O4S+. The molecule has 0 aliphatic carbocycles. The van der Waals surface area contributed by atoms with E-state index in [2.05, 4.69) is 5.32 Å². The predicted molar refractivity (Wildman–Crippen MR) is 105 cm³/mol. The first kappa shape index (κ1) is 19.4. The Hall–Kier alpha value is -2.38. The number of benzene rings is 2. The molecule has 1 saturated heterocycles. The summed E-state index contributed by atoms with van der Waals surface area (Å²) in [5.41, 5.74) is 2.45. The molecule has 2 aromatic carbocycles. The third-order valence-corrected chi connectivity index (χ3v) is 6.58. The van der Waals surface area contributed by atoms with E-state index in [1.54, 1.807) is 7.11 Å². The summed E-state index contributed by atoms with van der Waals surface area (Å²) < 4.78 is 29.0. The Kier molecular flexibility index (Phi) is 5.82. The number of ether oxygens (including phenoxy) is 1. The molecule has 1 fully saturated rings. The normalized spacial score (nSPS) is 19.4. The molecule has 0 spiro atoms. The first-order valence-corrected chi connectivity index (χ1v) is 10.8. The summed E-state index contributed by atoms with van der Waals surface area (Å²) in [6, 6.07) is 14.4. The fraction of sp³-hybridized carbons (Fsp3) is 0.350. The van der Waals surface area contributed by atoms with Crippen LogP contribution in [-0.2, 0) is 14.6 Å². The van der Waals surface area contributed by atoms with Gasteiger partial charge in [-0.3, -0.25) is 4.79 Å². The van der Waals surface area contributed by atoms with E-state index < -0.39 is 15.9 Å². The quantitative estimate of drug-likeness (QED) is 0.782. The van der Waals surface area contributed by atoms with Crippen LogP contribution in [0, 0.1) is 6.92 Å². The van der Waals surface area contributed by atoms with Crippen LogP contribution in [0.25, 0.3) is 0 Å². The lowest BCUT2D eigenvalue weighted by molar-refractivity contribution is -0.710. The smallest absolute Gasteiger partial charge is 0.287 e. The number of methoxy groups -OCH3 is 1. The SMILES string of the molecule is COc1ccc(C)cc1NC(=O)[C@H]([NH2+][C@H]1CCS(=O)(=O)C1)c1ccccc1. The highest BCUT2D eigenvalue weighted by atomic mass is 32.2. The Balaban J connectivity index is 1.84. The van der Waals surface area contributed by atoms with E-state index in [1.807, 2.05) is 60.8 Å². The second-order valence-electron chi connectivity index (χ2n) is 6.94. The monoisotopic (exact) mass is 389 g/mol. The zero-order chi connectivity index (χ0) is 19.4. The molecule has 0 unspecified atom stereocenters. The second-order valence-corrected chi connectivity index (χ2v) is 9.17. The molecule has 7 heteroatoms. The van der Waals surface area contributed by atoms with Crippen LogP contribution in [0.5, 0.6) is 5.75 Å². The topological polar surface area (TPSA) is 89.1 Å². The van der Waals surface area contributed by atoms with E-state index >= 15 is 0 Å². The van der Waals surface area contributed by atoms with Gasteiger partial charge in [0.25, 0.3) is 5.91 Å². The zero-order valence-electron chi connectivity index (χ0n) is 15.5. The van der Waals surface area contributed by atoms with Gasteiger partial charge in [0, 0.05) is 12.0 Å². The average molecular weight is 389 g/mol. The van der Waals surface area contributed by atoms with Gasteiger partial charge in [0.1, 0.15) is 17.5 Å². The summed E-state index contributed by atoms with van der Waals surface area (Å²) in [4.78, 5) is 13.1. The maximum atomic E-state index is 13.1. The number of anilines is 1. The Labute approximate surface area is 159 Å². The predicted octanol–water partition coefficient (Wildman–Crippen LogP) is 1.43. The fourth-order valence-corrected chi connectivity index (χ4v) is 5.15. The van der Waals surface area contributed by atoms with E-state index in [0.29, 0.717) is 17.9 Å². The van der Waals surface area contributed by atoms with Crippen LogP contribution in [0.4, 0.5) is 5.69 Å². The number of carbonyl (C=O) groups is 1. The largest absolute Gasteiger partial charge is 0.495 e. The molecule has 2 atom stereocenters. The van der Waals surface area contributed by atoms with E-state index in [-0.39, 0.29) is 23.5 Å². The van der Waals surface area contributed by atoms with Crippen molar-refractivity contribution in [1.29, 1.82) is 0 Å². The van der Waals surface area contributed by atoms with Crippen LogP contribution >= 0.6 is 0 Å². The summed E-state index contributed by atoms with van der Waals surface area (Å²) >= 11 is 0. The minimum absolute atomic E-state index is 0.109. The van der Waals surface area contributed by atoms with E-state index in [0.717, 1.165) is 11.1 Å². The van der Waals surface area contributed by atoms with Gasteiger partial charge in [-0.15, -0.1) is 0 Å². The van der Waals surface area contributed by atoms with Crippen molar-refractivity contribution in [3.63, 3.8) is 0 Å². The molecule has 144 valence electrons. The molecule has 3 N–H and O–H groups in total. The zero-order valence-corrected chi connectivity index (χ0v) is 16.3. The highest BCUT2D eigenvalue weighted by Gasteiger charge is 2.35. The van der Waals surface area contributed by atoms with Crippen molar-refractivity contribution in [3.8, 4) is 5.75 Å². The lowest BCUT2D eigenvalue weighted by Gasteiger charge is -2.20. The second kappa shape index (κ2) is 8.10. The van der Waals surface area contributed by atoms with Gasteiger partial charge < -0.3 is 15.4 Å². The van der Waals surface area contributed by atoms with E-state index in [4.69, 9.17) is 4.74 Å². The number of aryl methyl sites for hydroxylation is 1. The molecule has 0 saturated carbocycles. The summed E-state index contributed by atoms with van der Waals surface area (Å²) in [7, 11) is -1.45. The van der Waals surface area contributed by atoms with Crippen molar-refractivity contribution in [2.75, 3.05) is 23.9 Å². The fourth-order valence-electron chi connectivity index (χ4n) is 3.39. The van der Waals surface area contributed by atoms with Gasteiger partial charge in [0.05, 0.1) is 18.6 Å². The average Bonchev–Trinajstić information content (AvgIpc) is 2.99. The third-order valence-electron chi connectivity index (χ3n) is 4.79. The molecular weight excluding hydrogens is 364 g/mol. The lowest BCUT2D eigenvalue weighted by atomic mass is 10.0. The molecule has 2 aromatic rings. The number of quaternary nitrogens is 1. The summed E-state index contributed by atoms with van der Waals surface area (Å²) in [5, 5.41) is 4.82. The number of nitrogens with one attached hydrogen (secondary N) is 1. The summed E-state index contributed by atoms with van der Waals surface area (Å²) in [6.07, 6.45) is 0.562. The van der Waals surface area contributed by atoms with E-state index in [9.17, 15) is 13.2 Å². The van der Waals surface area contributed by atoms with Gasteiger partial charge >= 0.3 is 0 Å². The first-order valence-electron chi connectivity index (χ1n) is 8.94. The van der Waals surface area contributed by atoms with Crippen LogP contribution in [-0.4, -0.2) is 39.0 Å². The molecule has 1 amide bonds. The molecule has 1 aliphatic heterocycles. The van der Waals surface area contributed by atoms with E-state index in [1.165, 1.54) is 0 Å². The number of sulfone groups is 1. The summed E-state index contributed by atoms with van der Waals surface area (Å²) in [5.74, 6) is 0.680. The van der Waals surface area contributed by atoms with Crippen molar-refractivity contribution in [1.82, 2.24) is 0 Å². The Bertz CT molecular complexity index is 913. The van der Waals surface area contributed by atoms with Crippen LogP contribution in [0.15, 0.2) is 48.5 Å². The number of hydrogen-bond donors (Lipinski definition) is 2.